The summed E-state index contributed by atoms with van der Waals surface area (Å²) >= 11 is 0. The van der Waals surface area contributed by atoms with Crippen LogP contribution in [0.25, 0.3) is 22.2 Å². The van der Waals surface area contributed by atoms with Crippen molar-refractivity contribution in [1.82, 2.24) is 29.1 Å². The van der Waals surface area contributed by atoms with Crippen LogP contribution in [-0.2, 0) is 13.6 Å². The van der Waals surface area contributed by atoms with Crippen LogP contribution in [0.1, 0.15) is 12.0 Å². The molecule has 0 bridgehead atoms. The molecule has 0 aliphatic carbocycles. The number of hydrogen-bond acceptors (Lipinski definition) is 6. The van der Waals surface area contributed by atoms with Crippen molar-refractivity contribution in [2.24, 2.45) is 7.05 Å². The van der Waals surface area contributed by atoms with E-state index in [1.165, 1.54) is 9.13 Å². The zero-order valence-electron chi connectivity index (χ0n) is 15.5. The van der Waals surface area contributed by atoms with Crippen molar-refractivity contribution in [2.45, 2.75) is 19.9 Å². The van der Waals surface area contributed by atoms with Crippen LogP contribution in [0.15, 0.2) is 47.9 Å². The molecule has 0 atom stereocenters. The maximum atomic E-state index is 13.1. The fourth-order valence-corrected chi connectivity index (χ4v) is 3.04. The number of allylic oxidation sites excluding steroid dienone is 1. The number of fused-ring (bicyclic) bond motifs is 2. The van der Waals surface area contributed by atoms with Gasteiger partial charge in [-0.1, -0.05) is 6.58 Å². The molecular weight excluding hydrogens is 361 g/mol. The highest BCUT2D eigenvalue weighted by Crippen LogP contribution is 2.23. The van der Waals surface area contributed by atoms with Crippen LogP contribution in [0.2, 0.25) is 0 Å². The zero-order valence-corrected chi connectivity index (χ0v) is 15.5. The predicted octanol–water partition coefficient (Wildman–Crippen LogP) is 3.00. The second kappa shape index (κ2) is 6.84. The van der Waals surface area contributed by atoms with Crippen LogP contribution in [0.4, 0.5) is 16.0 Å². The van der Waals surface area contributed by atoms with E-state index in [-0.39, 0.29) is 18.7 Å². The van der Waals surface area contributed by atoms with Gasteiger partial charge in [0.15, 0.2) is 5.65 Å². The van der Waals surface area contributed by atoms with E-state index in [9.17, 15) is 9.18 Å². The van der Waals surface area contributed by atoms with Gasteiger partial charge < -0.3 is 5.32 Å². The van der Waals surface area contributed by atoms with Gasteiger partial charge in [0, 0.05) is 38.1 Å². The van der Waals surface area contributed by atoms with Crippen molar-refractivity contribution >= 4 is 33.8 Å². The number of aromatic nitrogens is 6. The smallest absolute Gasteiger partial charge is 0.324 e. The molecular formula is C19H18FN7O. The van der Waals surface area contributed by atoms with Crippen molar-refractivity contribution in [3.63, 3.8) is 0 Å². The van der Waals surface area contributed by atoms with Gasteiger partial charge in [-0.2, -0.15) is 4.98 Å². The first-order valence-electron chi connectivity index (χ1n) is 8.68. The Kier molecular flexibility index (Phi) is 4.34. The van der Waals surface area contributed by atoms with Crippen molar-refractivity contribution < 1.29 is 4.39 Å². The van der Waals surface area contributed by atoms with Crippen molar-refractivity contribution in [3.05, 3.63) is 59.2 Å². The SMILES string of the molecule is C=C(F)CCn1c(=O)n(C)c2cnc(Nc3cc4nccnc4cc3C)nc21. The van der Waals surface area contributed by atoms with Gasteiger partial charge in [0.25, 0.3) is 0 Å². The normalized spacial score (nSPS) is 11.2. The van der Waals surface area contributed by atoms with E-state index >= 15 is 0 Å². The van der Waals surface area contributed by atoms with E-state index in [4.69, 9.17) is 0 Å². The predicted molar refractivity (Wildman–Crippen MR) is 105 cm³/mol. The average Bonchev–Trinajstić information content (AvgIpc) is 2.90. The summed E-state index contributed by atoms with van der Waals surface area (Å²) in [5, 5.41) is 3.17. The molecule has 0 fully saturated rings. The van der Waals surface area contributed by atoms with Crippen LogP contribution >= 0.6 is 0 Å². The molecule has 0 amide bonds. The monoisotopic (exact) mass is 379 g/mol. The Morgan fingerprint density at radius 3 is 2.64 bits per heavy atom. The minimum Gasteiger partial charge on any atom is -0.324 e. The third kappa shape index (κ3) is 3.11. The third-order valence-electron chi connectivity index (χ3n) is 4.55. The Morgan fingerprint density at radius 2 is 1.93 bits per heavy atom. The highest BCUT2D eigenvalue weighted by atomic mass is 19.1. The largest absolute Gasteiger partial charge is 0.330 e. The number of nitrogens with one attached hydrogen (secondary N) is 1. The molecule has 8 nitrogen and oxygen atoms in total. The van der Waals surface area contributed by atoms with Gasteiger partial charge in [-0.3, -0.25) is 19.1 Å². The first kappa shape index (κ1) is 17.8. The Balaban J connectivity index is 1.75. The number of aryl methyl sites for hydroxylation is 3. The van der Waals surface area contributed by atoms with Crippen LogP contribution < -0.4 is 11.0 Å². The number of halogens is 1. The topological polar surface area (TPSA) is 90.5 Å². The molecule has 0 saturated carbocycles. The Labute approximate surface area is 159 Å². The maximum absolute atomic E-state index is 13.1. The summed E-state index contributed by atoms with van der Waals surface area (Å²) in [5.41, 5.74) is 4.01. The number of hydrogen-bond donors (Lipinski definition) is 1. The summed E-state index contributed by atoms with van der Waals surface area (Å²) in [5.74, 6) is -0.151. The molecule has 0 aliphatic heterocycles. The number of anilines is 2. The number of benzene rings is 1. The van der Waals surface area contributed by atoms with Crippen LogP contribution in [0.3, 0.4) is 0 Å². The summed E-state index contributed by atoms with van der Waals surface area (Å²) in [6.45, 7) is 5.35. The molecule has 0 saturated heterocycles. The standard InChI is InChI=1S/C19H18FN7O/c1-11-8-14-15(22-6-5-21-14)9-13(11)24-18-23-10-16-17(25-18)27(7-4-12(2)20)19(28)26(16)3/h5-6,8-10H,2,4,7H2,1,3H3,(H,23,24,25). The van der Waals surface area contributed by atoms with Crippen LogP contribution in [0, 0.1) is 6.92 Å². The minimum absolute atomic E-state index is 0.0498. The van der Waals surface area contributed by atoms with E-state index in [0.717, 1.165) is 22.3 Å². The molecule has 3 heterocycles. The molecule has 3 aromatic heterocycles. The van der Waals surface area contributed by atoms with E-state index in [1.807, 2.05) is 19.1 Å². The maximum Gasteiger partial charge on any atom is 0.330 e. The summed E-state index contributed by atoms with van der Waals surface area (Å²) in [7, 11) is 1.63. The van der Waals surface area contributed by atoms with Crippen molar-refractivity contribution in [1.29, 1.82) is 0 Å². The molecule has 0 radical (unpaired) electrons. The molecule has 0 spiro atoms. The Hall–Kier alpha value is -3.62. The van der Waals surface area contributed by atoms with Gasteiger partial charge >= 0.3 is 5.69 Å². The Bertz CT molecular complexity index is 1270. The van der Waals surface area contributed by atoms with Gasteiger partial charge in [-0.15, -0.1) is 0 Å². The first-order valence-corrected chi connectivity index (χ1v) is 8.68. The average molecular weight is 379 g/mol. The van der Waals surface area contributed by atoms with Gasteiger partial charge in [0.05, 0.1) is 23.1 Å². The third-order valence-corrected chi connectivity index (χ3v) is 4.55. The summed E-state index contributed by atoms with van der Waals surface area (Å²) < 4.78 is 16.0. The quantitative estimate of drug-likeness (QED) is 0.573. The van der Waals surface area contributed by atoms with Crippen LogP contribution in [-0.4, -0.2) is 29.1 Å². The molecule has 9 heteroatoms. The van der Waals surface area contributed by atoms with Crippen LogP contribution in [0.5, 0.6) is 0 Å². The molecule has 1 aromatic carbocycles. The summed E-state index contributed by atoms with van der Waals surface area (Å²) in [4.78, 5) is 29.8. The second-order valence-corrected chi connectivity index (χ2v) is 6.50. The zero-order chi connectivity index (χ0) is 19.8. The molecule has 1 N–H and O–H groups in total. The molecule has 0 unspecified atom stereocenters. The van der Waals surface area contributed by atoms with E-state index in [0.29, 0.717) is 17.1 Å². The summed E-state index contributed by atoms with van der Waals surface area (Å²) in [6.07, 6.45) is 4.90. The lowest BCUT2D eigenvalue weighted by molar-refractivity contribution is 0.546. The fourth-order valence-electron chi connectivity index (χ4n) is 3.04. The Morgan fingerprint density at radius 1 is 1.21 bits per heavy atom. The molecule has 28 heavy (non-hydrogen) atoms. The highest BCUT2D eigenvalue weighted by Gasteiger charge is 2.14. The lowest BCUT2D eigenvalue weighted by Crippen LogP contribution is -2.22. The second-order valence-electron chi connectivity index (χ2n) is 6.50. The van der Waals surface area contributed by atoms with E-state index in [1.54, 1.807) is 25.6 Å². The molecule has 142 valence electrons. The van der Waals surface area contributed by atoms with Gasteiger partial charge in [-0.25, -0.2) is 14.2 Å². The first-order chi connectivity index (χ1) is 13.4. The highest BCUT2D eigenvalue weighted by molar-refractivity contribution is 5.82. The van der Waals surface area contributed by atoms with E-state index < -0.39 is 5.83 Å². The lowest BCUT2D eigenvalue weighted by atomic mass is 10.1. The van der Waals surface area contributed by atoms with Gasteiger partial charge in [-0.05, 0) is 24.6 Å². The minimum atomic E-state index is -0.482. The number of nitrogens with zero attached hydrogens (tertiary/aromatic N) is 6. The lowest BCUT2D eigenvalue weighted by Gasteiger charge is -2.09. The van der Waals surface area contributed by atoms with Gasteiger partial charge in [0.1, 0.15) is 5.52 Å². The molecule has 4 aromatic rings. The van der Waals surface area contributed by atoms with E-state index in [2.05, 4.69) is 31.8 Å². The molecule has 4 rings (SSSR count). The number of rotatable bonds is 5. The number of imidazole rings is 1. The van der Waals surface area contributed by atoms with Gasteiger partial charge in [0.2, 0.25) is 5.95 Å². The van der Waals surface area contributed by atoms with Crippen molar-refractivity contribution in [2.75, 3.05) is 5.32 Å². The molecule has 0 aliphatic rings. The summed E-state index contributed by atoms with van der Waals surface area (Å²) in [6, 6.07) is 3.80. The fraction of sp³-hybridized carbons (Fsp3) is 0.211. The van der Waals surface area contributed by atoms with Crippen molar-refractivity contribution in [3.8, 4) is 0 Å².